The lowest BCUT2D eigenvalue weighted by molar-refractivity contribution is -0.138. The van der Waals surface area contributed by atoms with Gasteiger partial charge in [-0.3, -0.25) is 4.79 Å². The molecule has 20 heavy (non-hydrogen) atoms. The van der Waals surface area contributed by atoms with Crippen LogP contribution in [0.1, 0.15) is 17.0 Å². The smallest absolute Gasteiger partial charge is 0.311 e. The van der Waals surface area contributed by atoms with E-state index in [2.05, 4.69) is 67.8 Å². The van der Waals surface area contributed by atoms with Crippen molar-refractivity contribution >= 4 is 73.7 Å². The average molecular weight is 604 g/mol. The van der Waals surface area contributed by atoms with Crippen molar-refractivity contribution in [1.82, 2.24) is 0 Å². The topological polar surface area (TPSA) is 37.3 Å². The van der Waals surface area contributed by atoms with Gasteiger partial charge in [0, 0.05) is 10.7 Å². The van der Waals surface area contributed by atoms with E-state index < -0.39 is 11.9 Å². The van der Waals surface area contributed by atoms with Crippen LogP contribution in [0, 0.1) is 10.7 Å². The number of carboxylic acid groups (broad SMARTS) is 1. The first kappa shape index (κ1) is 16.5. The summed E-state index contributed by atoms with van der Waals surface area (Å²) >= 11 is 6.72. The van der Waals surface area contributed by atoms with Crippen LogP contribution < -0.4 is 0 Å². The van der Waals surface area contributed by atoms with Crippen LogP contribution in [0.2, 0.25) is 0 Å². The van der Waals surface area contributed by atoms with Crippen molar-refractivity contribution < 1.29 is 9.90 Å². The van der Waals surface area contributed by atoms with Crippen LogP contribution in [0.4, 0.5) is 0 Å². The van der Waals surface area contributed by atoms with Crippen molar-refractivity contribution in [3.8, 4) is 0 Å². The fraction of sp³-hybridized carbons (Fsp3) is 0.133. The highest BCUT2D eigenvalue weighted by molar-refractivity contribution is 14.1. The van der Waals surface area contributed by atoms with Crippen LogP contribution in [0.5, 0.6) is 0 Å². The summed E-state index contributed by atoms with van der Waals surface area (Å²) in [7, 11) is 0. The van der Waals surface area contributed by atoms with Gasteiger partial charge in [-0.25, -0.2) is 0 Å². The van der Waals surface area contributed by atoms with Crippen molar-refractivity contribution in [3.05, 3.63) is 64.3 Å². The van der Waals surface area contributed by atoms with Crippen LogP contribution in [0.3, 0.4) is 0 Å². The van der Waals surface area contributed by atoms with Gasteiger partial charge in [0.1, 0.15) is 0 Å². The average Bonchev–Trinajstić information content (AvgIpc) is 2.37. The molecule has 0 saturated carbocycles. The van der Waals surface area contributed by atoms with Gasteiger partial charge in [0.2, 0.25) is 0 Å². The number of hydrogen-bond donors (Lipinski definition) is 1. The van der Waals surface area contributed by atoms with Gasteiger partial charge in [-0.15, -0.1) is 0 Å². The molecule has 2 nitrogen and oxygen atoms in total. The standard InChI is InChI=1S/C15H11I3O2/c16-10-7-12(17)14(13(18)8-10)11(15(19)20)6-9-4-2-1-3-5-9/h1-5,7-8,11H,6H2,(H,19,20). The van der Waals surface area contributed by atoms with E-state index in [1.807, 2.05) is 42.5 Å². The molecule has 2 aromatic carbocycles. The zero-order chi connectivity index (χ0) is 14.7. The first-order chi connectivity index (χ1) is 9.49. The van der Waals surface area contributed by atoms with Gasteiger partial charge in [-0.2, -0.15) is 0 Å². The van der Waals surface area contributed by atoms with Crippen molar-refractivity contribution in [3.63, 3.8) is 0 Å². The molecule has 2 rings (SSSR count). The second kappa shape index (κ2) is 7.39. The third kappa shape index (κ3) is 4.06. The van der Waals surface area contributed by atoms with Crippen LogP contribution >= 0.6 is 67.8 Å². The molecule has 1 atom stereocenters. The molecule has 0 bridgehead atoms. The largest absolute Gasteiger partial charge is 0.481 e. The lowest BCUT2D eigenvalue weighted by atomic mass is 9.92. The van der Waals surface area contributed by atoms with E-state index in [0.717, 1.165) is 21.8 Å². The molecule has 0 aliphatic carbocycles. The maximum Gasteiger partial charge on any atom is 0.311 e. The van der Waals surface area contributed by atoms with Crippen LogP contribution in [-0.4, -0.2) is 11.1 Å². The van der Waals surface area contributed by atoms with E-state index in [9.17, 15) is 9.90 Å². The van der Waals surface area contributed by atoms with Crippen molar-refractivity contribution in [1.29, 1.82) is 0 Å². The van der Waals surface area contributed by atoms with E-state index in [4.69, 9.17) is 0 Å². The fourth-order valence-electron chi connectivity index (χ4n) is 2.05. The van der Waals surface area contributed by atoms with Crippen LogP contribution in [-0.2, 0) is 11.2 Å². The van der Waals surface area contributed by atoms with Gasteiger partial charge < -0.3 is 5.11 Å². The van der Waals surface area contributed by atoms with E-state index >= 15 is 0 Å². The zero-order valence-electron chi connectivity index (χ0n) is 10.3. The number of halogens is 3. The van der Waals surface area contributed by atoms with E-state index in [1.165, 1.54) is 0 Å². The van der Waals surface area contributed by atoms with E-state index in [0.29, 0.717) is 6.42 Å². The molecule has 2 aromatic rings. The Morgan fingerprint density at radius 1 is 1.05 bits per heavy atom. The molecule has 0 saturated heterocycles. The number of rotatable bonds is 4. The zero-order valence-corrected chi connectivity index (χ0v) is 16.8. The van der Waals surface area contributed by atoms with Crippen LogP contribution in [0.25, 0.3) is 0 Å². The molecular formula is C15H11I3O2. The fourth-order valence-corrected chi connectivity index (χ4v) is 6.38. The summed E-state index contributed by atoms with van der Waals surface area (Å²) in [4.78, 5) is 11.7. The minimum absolute atomic E-state index is 0.506. The molecule has 0 radical (unpaired) electrons. The van der Waals surface area contributed by atoms with E-state index in [1.54, 1.807) is 0 Å². The first-order valence-electron chi connectivity index (χ1n) is 5.90. The molecule has 0 heterocycles. The Hall–Kier alpha value is 0.100. The molecule has 0 spiro atoms. The second-order valence-corrected chi connectivity index (χ2v) is 7.93. The predicted octanol–water partition coefficient (Wildman–Crippen LogP) is 4.91. The summed E-state index contributed by atoms with van der Waals surface area (Å²) in [6, 6.07) is 13.8. The minimum atomic E-state index is -0.772. The summed E-state index contributed by atoms with van der Waals surface area (Å²) in [6.45, 7) is 0. The van der Waals surface area contributed by atoms with Gasteiger partial charge in [0.25, 0.3) is 0 Å². The number of benzene rings is 2. The van der Waals surface area contributed by atoms with Crippen molar-refractivity contribution in [2.45, 2.75) is 12.3 Å². The molecule has 104 valence electrons. The normalized spacial score (nSPS) is 12.2. The highest BCUT2D eigenvalue weighted by Gasteiger charge is 2.25. The monoisotopic (exact) mass is 604 g/mol. The lowest BCUT2D eigenvalue weighted by Crippen LogP contribution is -2.17. The van der Waals surface area contributed by atoms with Crippen LogP contribution in [0.15, 0.2) is 42.5 Å². The quantitative estimate of drug-likeness (QED) is 0.505. The Morgan fingerprint density at radius 3 is 2.10 bits per heavy atom. The predicted molar refractivity (Wildman–Crippen MR) is 105 cm³/mol. The molecule has 1 unspecified atom stereocenters. The maximum atomic E-state index is 11.7. The Labute approximate surface area is 158 Å². The van der Waals surface area contributed by atoms with Crippen molar-refractivity contribution in [2.24, 2.45) is 0 Å². The molecule has 0 aliphatic heterocycles. The van der Waals surface area contributed by atoms with Gasteiger partial charge in [-0.1, -0.05) is 30.3 Å². The molecule has 0 aliphatic rings. The van der Waals surface area contributed by atoms with Gasteiger partial charge >= 0.3 is 5.97 Å². The summed E-state index contributed by atoms with van der Waals surface area (Å²) in [5.41, 5.74) is 1.97. The molecule has 5 heteroatoms. The highest BCUT2D eigenvalue weighted by Crippen LogP contribution is 2.31. The number of aliphatic carboxylic acids is 1. The maximum absolute atomic E-state index is 11.7. The Kier molecular flexibility index (Phi) is 6.09. The second-order valence-electron chi connectivity index (χ2n) is 4.36. The summed E-state index contributed by atoms with van der Waals surface area (Å²) < 4.78 is 3.16. The molecule has 0 amide bonds. The molecule has 1 N–H and O–H groups in total. The van der Waals surface area contributed by atoms with E-state index in [-0.39, 0.29) is 0 Å². The number of carboxylic acids is 1. The third-order valence-corrected chi connectivity index (χ3v) is 5.38. The Balaban J connectivity index is 2.42. The Bertz CT molecular complexity index is 603. The molecule has 0 aromatic heterocycles. The number of hydrogen-bond acceptors (Lipinski definition) is 1. The molecule has 0 fully saturated rings. The van der Waals surface area contributed by atoms with Gasteiger partial charge in [-0.05, 0) is 97.5 Å². The van der Waals surface area contributed by atoms with Crippen molar-refractivity contribution in [2.75, 3.05) is 0 Å². The first-order valence-corrected chi connectivity index (χ1v) is 9.14. The summed E-state index contributed by atoms with van der Waals surface area (Å²) in [5, 5.41) is 9.60. The van der Waals surface area contributed by atoms with Gasteiger partial charge in [0.05, 0.1) is 5.92 Å². The SMILES string of the molecule is O=C(O)C(Cc1ccccc1)c1c(I)cc(I)cc1I. The third-order valence-electron chi connectivity index (χ3n) is 2.97. The number of carbonyl (C=O) groups is 1. The highest BCUT2D eigenvalue weighted by atomic mass is 127. The Morgan fingerprint density at radius 2 is 1.60 bits per heavy atom. The summed E-state index contributed by atoms with van der Waals surface area (Å²) in [6.07, 6.45) is 0.517. The lowest BCUT2D eigenvalue weighted by Gasteiger charge is -2.17. The minimum Gasteiger partial charge on any atom is -0.481 e. The summed E-state index contributed by atoms with van der Waals surface area (Å²) in [5.74, 6) is -1.28. The van der Waals surface area contributed by atoms with Gasteiger partial charge in [0.15, 0.2) is 0 Å². The molecular weight excluding hydrogens is 593 g/mol.